The van der Waals surface area contributed by atoms with E-state index < -0.39 is 0 Å². The maximum absolute atomic E-state index is 12.9. The van der Waals surface area contributed by atoms with Gasteiger partial charge in [-0.1, -0.05) is 49.2 Å². The average molecular weight is 469 g/mol. The van der Waals surface area contributed by atoms with Crippen molar-refractivity contribution in [3.8, 4) is 0 Å². The van der Waals surface area contributed by atoms with Crippen molar-refractivity contribution >= 4 is 34.3 Å². The van der Waals surface area contributed by atoms with Crippen LogP contribution in [-0.4, -0.2) is 62.4 Å². The van der Waals surface area contributed by atoms with E-state index in [1.165, 1.54) is 43.9 Å². The van der Waals surface area contributed by atoms with Gasteiger partial charge in [-0.15, -0.1) is 16.8 Å². The lowest BCUT2D eigenvalue weighted by molar-refractivity contribution is -0.118. The highest BCUT2D eigenvalue weighted by Crippen LogP contribution is 2.28. The van der Waals surface area contributed by atoms with Crippen molar-refractivity contribution < 1.29 is 4.79 Å². The highest BCUT2D eigenvalue weighted by atomic mass is 32.2. The highest BCUT2D eigenvalue weighted by Gasteiger charge is 2.26. The number of fused-ring (bicyclic) bond motifs is 3. The van der Waals surface area contributed by atoms with Gasteiger partial charge in [0.1, 0.15) is 0 Å². The van der Waals surface area contributed by atoms with Crippen LogP contribution in [0, 0.1) is 5.92 Å². The molecule has 1 unspecified atom stereocenters. The molecule has 1 aromatic carbocycles. The molecule has 4 rings (SSSR count). The van der Waals surface area contributed by atoms with Crippen LogP contribution in [0.2, 0.25) is 0 Å². The second kappa shape index (κ2) is 10.5. The molecule has 33 heavy (non-hydrogen) atoms. The fourth-order valence-electron chi connectivity index (χ4n) is 4.81. The first kappa shape index (κ1) is 23.5. The van der Waals surface area contributed by atoms with Gasteiger partial charge in [-0.25, -0.2) is 0 Å². The second-order valence-electron chi connectivity index (χ2n) is 8.86. The van der Waals surface area contributed by atoms with Gasteiger partial charge in [-0.05, 0) is 45.0 Å². The summed E-state index contributed by atoms with van der Waals surface area (Å²) >= 11 is 1.33. The van der Waals surface area contributed by atoms with E-state index in [9.17, 15) is 9.59 Å². The third kappa shape index (κ3) is 4.99. The molecule has 1 aliphatic rings. The number of rotatable bonds is 9. The van der Waals surface area contributed by atoms with Crippen LogP contribution < -0.4 is 10.9 Å². The van der Waals surface area contributed by atoms with Crippen molar-refractivity contribution in [2.45, 2.75) is 49.8 Å². The predicted molar refractivity (Wildman–Crippen MR) is 133 cm³/mol. The Labute approximate surface area is 198 Å². The van der Waals surface area contributed by atoms with Crippen LogP contribution in [0.4, 0.5) is 0 Å². The first-order valence-corrected chi connectivity index (χ1v) is 12.5. The maximum Gasteiger partial charge on any atom is 0.263 e. The summed E-state index contributed by atoms with van der Waals surface area (Å²) in [7, 11) is 4.19. The zero-order chi connectivity index (χ0) is 23.4. The summed E-state index contributed by atoms with van der Waals surface area (Å²) in [6.45, 7) is 4.74. The number of likely N-dealkylation sites (N-methyl/N-ethyl adjacent to an activating group) is 1. The number of hydrogen-bond donors (Lipinski definition) is 1. The Morgan fingerprint density at radius 1 is 1.27 bits per heavy atom. The first-order chi connectivity index (χ1) is 16.0. The summed E-state index contributed by atoms with van der Waals surface area (Å²) in [5.41, 5.74) is 0.604. The van der Waals surface area contributed by atoms with E-state index in [4.69, 9.17) is 0 Å². The molecule has 0 bridgehead atoms. The zero-order valence-corrected chi connectivity index (χ0v) is 20.2. The van der Waals surface area contributed by atoms with Crippen molar-refractivity contribution in [1.29, 1.82) is 0 Å². The fraction of sp³-hybridized carbons (Fsp3) is 0.500. The van der Waals surface area contributed by atoms with Crippen molar-refractivity contribution in [3.63, 3.8) is 0 Å². The van der Waals surface area contributed by atoms with Crippen LogP contribution in [0.5, 0.6) is 0 Å². The molecule has 1 amide bonds. The molecule has 1 aliphatic carbocycles. The average Bonchev–Trinajstić information content (AvgIpc) is 3.25. The van der Waals surface area contributed by atoms with Crippen LogP contribution in [0.25, 0.3) is 16.7 Å². The second-order valence-corrected chi connectivity index (χ2v) is 9.80. The number of nitrogens with zero attached hydrogens (tertiary/aromatic N) is 5. The van der Waals surface area contributed by atoms with Crippen molar-refractivity contribution in [2.24, 2.45) is 5.92 Å². The molecule has 1 N–H and O–H groups in total. The first-order valence-electron chi connectivity index (χ1n) is 11.5. The topological polar surface area (TPSA) is 84.5 Å². The monoisotopic (exact) mass is 468 g/mol. The number of aromatic nitrogens is 4. The molecule has 8 nitrogen and oxygen atoms in total. The molecule has 0 spiro atoms. The number of amides is 1. The molecule has 2 aromatic heterocycles. The smallest absolute Gasteiger partial charge is 0.263 e. The molecule has 9 heteroatoms. The molecular formula is C24H32N6O2S. The molecule has 176 valence electrons. The van der Waals surface area contributed by atoms with Gasteiger partial charge in [-0.3, -0.25) is 18.6 Å². The molecule has 0 saturated heterocycles. The summed E-state index contributed by atoms with van der Waals surface area (Å²) in [5.74, 6) is 1.30. The quantitative estimate of drug-likeness (QED) is 0.384. The van der Waals surface area contributed by atoms with Crippen LogP contribution in [0.15, 0.2) is 46.9 Å². The Morgan fingerprint density at radius 3 is 2.76 bits per heavy atom. The third-order valence-electron chi connectivity index (χ3n) is 6.49. The minimum Gasteiger partial charge on any atom is -0.354 e. The van der Waals surface area contributed by atoms with Crippen molar-refractivity contribution in [3.05, 3.63) is 47.3 Å². The number of thioether (sulfide) groups is 1. The lowest BCUT2D eigenvalue weighted by atomic mass is 9.83. The predicted octanol–water partition coefficient (Wildman–Crippen LogP) is 2.95. The van der Waals surface area contributed by atoms with Crippen LogP contribution in [0.3, 0.4) is 0 Å². The maximum atomic E-state index is 12.9. The summed E-state index contributed by atoms with van der Waals surface area (Å²) in [6, 6.07) is 7.75. The summed E-state index contributed by atoms with van der Waals surface area (Å²) < 4.78 is 3.40. The van der Waals surface area contributed by atoms with Gasteiger partial charge >= 0.3 is 0 Å². The number of para-hydroxylation sites is 1. The van der Waals surface area contributed by atoms with E-state index in [-0.39, 0.29) is 17.2 Å². The van der Waals surface area contributed by atoms with Crippen LogP contribution in [0.1, 0.15) is 32.1 Å². The molecule has 1 saturated carbocycles. The van der Waals surface area contributed by atoms with Gasteiger partial charge in [0.25, 0.3) is 5.56 Å². The lowest BCUT2D eigenvalue weighted by Gasteiger charge is -2.35. The lowest BCUT2D eigenvalue weighted by Crippen LogP contribution is -2.45. The Bertz CT molecular complexity index is 1190. The van der Waals surface area contributed by atoms with Crippen LogP contribution in [-0.2, 0) is 11.3 Å². The van der Waals surface area contributed by atoms with Crippen LogP contribution >= 0.6 is 11.8 Å². The van der Waals surface area contributed by atoms with Gasteiger partial charge in [-0.2, -0.15) is 0 Å². The van der Waals surface area contributed by atoms with E-state index in [1.807, 2.05) is 22.6 Å². The molecule has 3 aromatic rings. The molecule has 2 heterocycles. The highest BCUT2D eigenvalue weighted by molar-refractivity contribution is 7.99. The number of benzene rings is 1. The standard InChI is InChI=1S/C24H32N6O2S/c1-4-14-29-22(32)18-12-8-9-13-19(18)30-23(29)26-27-24(30)33-16-21(31)25-15-20(28(2)3)17-10-6-5-7-11-17/h4,8-9,12-13,17,20H,1,5-7,10-11,14-16H2,2-3H3,(H,25,31). The zero-order valence-electron chi connectivity index (χ0n) is 19.4. The Morgan fingerprint density at radius 2 is 2.03 bits per heavy atom. The Balaban J connectivity index is 1.50. The largest absolute Gasteiger partial charge is 0.354 e. The molecule has 1 atom stereocenters. The normalized spacial score (nSPS) is 15.8. The SMILES string of the molecule is C=CCn1c(=O)c2ccccc2n2c(SCC(=O)NCC(C3CCCCC3)N(C)C)nnc12. The minimum atomic E-state index is -0.128. The Kier molecular flexibility index (Phi) is 7.49. The summed E-state index contributed by atoms with van der Waals surface area (Å²) in [4.78, 5) is 27.8. The number of allylic oxidation sites excluding steroid dienone is 1. The molecule has 0 aliphatic heterocycles. The summed E-state index contributed by atoms with van der Waals surface area (Å²) in [5, 5.41) is 12.8. The van der Waals surface area contributed by atoms with Gasteiger partial charge in [0.15, 0.2) is 5.16 Å². The van der Waals surface area contributed by atoms with Crippen molar-refractivity contribution in [1.82, 2.24) is 29.4 Å². The van der Waals surface area contributed by atoms with Gasteiger partial charge in [0, 0.05) is 19.1 Å². The number of carbonyl (C=O) groups is 1. The van der Waals surface area contributed by atoms with Crippen molar-refractivity contribution in [2.75, 3.05) is 26.4 Å². The van der Waals surface area contributed by atoms with E-state index in [0.29, 0.717) is 41.4 Å². The number of hydrogen-bond acceptors (Lipinski definition) is 6. The number of carbonyl (C=O) groups excluding carboxylic acids is 1. The van der Waals surface area contributed by atoms with E-state index in [2.05, 4.69) is 41.1 Å². The number of nitrogens with one attached hydrogen (secondary N) is 1. The minimum absolute atomic E-state index is 0.0249. The third-order valence-corrected chi connectivity index (χ3v) is 7.42. The van der Waals surface area contributed by atoms with Gasteiger partial charge in [0.2, 0.25) is 11.7 Å². The van der Waals surface area contributed by atoms with E-state index in [0.717, 1.165) is 5.52 Å². The Hall–Kier alpha value is -2.65. The summed E-state index contributed by atoms with van der Waals surface area (Å²) in [6.07, 6.45) is 8.02. The molecular weight excluding hydrogens is 436 g/mol. The molecule has 1 fully saturated rings. The fourth-order valence-corrected chi connectivity index (χ4v) is 5.58. The van der Waals surface area contributed by atoms with E-state index in [1.54, 1.807) is 16.7 Å². The van der Waals surface area contributed by atoms with E-state index >= 15 is 0 Å². The molecule has 0 radical (unpaired) electrons. The van der Waals surface area contributed by atoms with Gasteiger partial charge < -0.3 is 10.2 Å². The van der Waals surface area contributed by atoms with Gasteiger partial charge in [0.05, 0.1) is 16.7 Å².